The predicted molar refractivity (Wildman–Crippen MR) is 142 cm³/mol. The number of aliphatic imine (C=N–C) groups is 1. The van der Waals surface area contributed by atoms with Crippen LogP contribution in [0.2, 0.25) is 0 Å². The number of carbonyl (C=O) groups is 2. The maximum Gasteiger partial charge on any atom is 0.315 e. The first-order chi connectivity index (χ1) is 17.9. The highest BCUT2D eigenvalue weighted by Gasteiger charge is 2.45. The summed E-state index contributed by atoms with van der Waals surface area (Å²) in [6, 6.07) is 13.7. The molecular weight excluding hydrogens is 470 g/mol. The van der Waals surface area contributed by atoms with E-state index in [-0.39, 0.29) is 24.3 Å². The summed E-state index contributed by atoms with van der Waals surface area (Å²) < 4.78 is 21.8. The number of rotatable bonds is 9. The Kier molecular flexibility index (Phi) is 8.44. The molecule has 2 aliphatic rings. The zero-order chi connectivity index (χ0) is 26.5. The average molecular weight is 506 g/mol. The molecule has 3 atom stereocenters. The molecule has 0 fully saturated rings. The second-order valence-electron chi connectivity index (χ2n) is 9.43. The number of ether oxygens (including phenoxy) is 4. The van der Waals surface area contributed by atoms with Crippen molar-refractivity contribution in [3.05, 3.63) is 70.4 Å². The fourth-order valence-corrected chi connectivity index (χ4v) is 5.41. The van der Waals surface area contributed by atoms with Crippen molar-refractivity contribution in [3.63, 3.8) is 0 Å². The molecule has 1 unspecified atom stereocenters. The number of aryl methyl sites for hydroxylation is 1. The normalized spacial score (nSPS) is 21.3. The topological polar surface area (TPSA) is 83.4 Å². The molecule has 0 amide bonds. The summed E-state index contributed by atoms with van der Waals surface area (Å²) in [7, 11) is 3.20. The highest BCUT2D eigenvalue weighted by Crippen LogP contribution is 2.48. The van der Waals surface area contributed by atoms with Crippen molar-refractivity contribution in [1.29, 1.82) is 0 Å². The number of Topliss-reactive ketones (excluding diaryl/α,β-unsaturated/α-hetero) is 1. The molecule has 1 aliphatic heterocycles. The summed E-state index contributed by atoms with van der Waals surface area (Å²) in [4.78, 5) is 32.0. The Hall–Kier alpha value is -3.45. The molecule has 0 radical (unpaired) electrons. The number of hydrogen-bond acceptors (Lipinski definition) is 7. The zero-order valence-corrected chi connectivity index (χ0v) is 22.2. The van der Waals surface area contributed by atoms with Crippen molar-refractivity contribution in [1.82, 2.24) is 0 Å². The number of allylic oxidation sites excluding steroid dienone is 2. The number of ketones is 1. The van der Waals surface area contributed by atoms with E-state index in [4.69, 9.17) is 23.9 Å². The lowest BCUT2D eigenvalue weighted by molar-refractivity contribution is -0.148. The van der Waals surface area contributed by atoms with Crippen LogP contribution in [0.15, 0.2) is 58.7 Å². The number of esters is 1. The number of hydrogen-bond donors (Lipinski definition) is 0. The summed E-state index contributed by atoms with van der Waals surface area (Å²) in [6.45, 7) is 6.81. The first-order valence-electron chi connectivity index (χ1n) is 12.7. The lowest BCUT2D eigenvalue weighted by Gasteiger charge is -2.37. The van der Waals surface area contributed by atoms with Gasteiger partial charge < -0.3 is 18.9 Å². The van der Waals surface area contributed by atoms with Gasteiger partial charge >= 0.3 is 5.97 Å². The van der Waals surface area contributed by atoms with Gasteiger partial charge in [-0.15, -0.1) is 0 Å². The Balaban J connectivity index is 1.72. The van der Waals surface area contributed by atoms with Gasteiger partial charge in [0.25, 0.3) is 0 Å². The molecular formula is C30H35NO6. The van der Waals surface area contributed by atoms with Crippen LogP contribution in [0.4, 0.5) is 0 Å². The van der Waals surface area contributed by atoms with Gasteiger partial charge in [0.1, 0.15) is 12.5 Å². The van der Waals surface area contributed by atoms with Gasteiger partial charge in [-0.25, -0.2) is 0 Å². The number of methoxy groups -OCH3 is 2. The molecule has 2 aromatic rings. The van der Waals surface area contributed by atoms with Crippen LogP contribution in [-0.4, -0.2) is 51.5 Å². The van der Waals surface area contributed by atoms with E-state index in [0.717, 1.165) is 22.4 Å². The third kappa shape index (κ3) is 5.47. The average Bonchev–Trinajstić information content (AvgIpc) is 2.90. The molecule has 1 heterocycles. The second kappa shape index (κ2) is 11.7. The molecule has 37 heavy (non-hydrogen) atoms. The maximum absolute atomic E-state index is 13.8. The van der Waals surface area contributed by atoms with E-state index < -0.39 is 11.8 Å². The minimum Gasteiger partial charge on any atom is -0.493 e. The van der Waals surface area contributed by atoms with E-state index in [1.165, 1.54) is 0 Å². The minimum absolute atomic E-state index is 0.0117. The third-order valence-corrected chi connectivity index (χ3v) is 7.22. The SMILES string of the molecule is CCOCCOC(=O)C1C(C)=NC2=C(C(=O)C[C@@H](c3ccc(OC)c(OC)c3)C2)[C@@H]1c1ccccc1C. The molecule has 2 aromatic carbocycles. The summed E-state index contributed by atoms with van der Waals surface area (Å²) in [6.07, 6.45) is 0.930. The third-order valence-electron chi connectivity index (χ3n) is 7.22. The molecule has 0 saturated heterocycles. The number of carbonyl (C=O) groups excluding carboxylic acids is 2. The van der Waals surface area contributed by atoms with Crippen LogP contribution in [0.1, 0.15) is 55.2 Å². The van der Waals surface area contributed by atoms with E-state index in [2.05, 4.69) is 0 Å². The fourth-order valence-electron chi connectivity index (χ4n) is 5.41. The van der Waals surface area contributed by atoms with Gasteiger partial charge in [0.15, 0.2) is 17.3 Å². The van der Waals surface area contributed by atoms with Crippen molar-refractivity contribution in [2.45, 2.75) is 45.4 Å². The van der Waals surface area contributed by atoms with Crippen LogP contribution >= 0.6 is 0 Å². The van der Waals surface area contributed by atoms with Crippen LogP contribution in [-0.2, 0) is 19.1 Å². The first kappa shape index (κ1) is 26.6. The fraction of sp³-hybridized carbons (Fsp3) is 0.433. The molecule has 196 valence electrons. The minimum atomic E-state index is -0.664. The van der Waals surface area contributed by atoms with E-state index >= 15 is 0 Å². The van der Waals surface area contributed by atoms with Crippen LogP contribution in [0.5, 0.6) is 11.5 Å². The van der Waals surface area contributed by atoms with Crippen molar-refractivity contribution in [2.75, 3.05) is 34.0 Å². The van der Waals surface area contributed by atoms with Crippen LogP contribution < -0.4 is 9.47 Å². The Bertz CT molecular complexity index is 1230. The van der Waals surface area contributed by atoms with Gasteiger partial charge in [-0.2, -0.15) is 0 Å². The molecule has 7 nitrogen and oxygen atoms in total. The van der Waals surface area contributed by atoms with Gasteiger partial charge in [-0.1, -0.05) is 30.3 Å². The summed E-state index contributed by atoms with van der Waals surface area (Å²) in [5.41, 5.74) is 5.01. The maximum atomic E-state index is 13.8. The molecule has 7 heteroatoms. The number of nitrogens with zero attached hydrogens (tertiary/aromatic N) is 1. The molecule has 0 saturated carbocycles. The Morgan fingerprint density at radius 2 is 1.76 bits per heavy atom. The van der Waals surface area contributed by atoms with Gasteiger partial charge in [-0.05, 0) is 61.9 Å². The van der Waals surface area contributed by atoms with E-state index in [1.807, 2.05) is 63.2 Å². The molecule has 0 spiro atoms. The summed E-state index contributed by atoms with van der Waals surface area (Å²) in [5.74, 6) is -0.244. The first-order valence-corrected chi connectivity index (χ1v) is 12.7. The molecule has 0 N–H and O–H groups in total. The monoisotopic (exact) mass is 505 g/mol. The summed E-state index contributed by atoms with van der Waals surface area (Å²) in [5, 5.41) is 0. The molecule has 0 aromatic heterocycles. The van der Waals surface area contributed by atoms with Gasteiger partial charge in [-0.3, -0.25) is 14.6 Å². The molecule has 4 rings (SSSR count). The molecule has 0 bridgehead atoms. The Morgan fingerprint density at radius 1 is 1.00 bits per heavy atom. The van der Waals surface area contributed by atoms with Crippen molar-refractivity contribution < 1.29 is 28.5 Å². The Labute approximate surface area is 218 Å². The predicted octanol–water partition coefficient (Wildman–Crippen LogP) is 5.17. The quantitative estimate of drug-likeness (QED) is 0.346. The lowest BCUT2D eigenvalue weighted by Crippen LogP contribution is -2.38. The van der Waals surface area contributed by atoms with E-state index in [9.17, 15) is 9.59 Å². The van der Waals surface area contributed by atoms with Crippen molar-refractivity contribution in [3.8, 4) is 11.5 Å². The standard InChI is InChI=1S/C30H35NO6/c1-6-36-13-14-37-30(33)27-19(3)31-23-15-21(20-11-12-25(34-4)26(17-20)35-5)16-24(32)29(23)28(27)22-10-8-7-9-18(22)2/h7-12,17,21,27-28H,6,13-16H2,1-5H3/t21-,27?,28+/m0/s1. The highest BCUT2D eigenvalue weighted by molar-refractivity contribution is 6.09. The smallest absolute Gasteiger partial charge is 0.315 e. The highest BCUT2D eigenvalue weighted by atomic mass is 16.6. The largest absolute Gasteiger partial charge is 0.493 e. The van der Waals surface area contributed by atoms with Crippen LogP contribution in [0, 0.1) is 12.8 Å². The Morgan fingerprint density at radius 3 is 2.46 bits per heavy atom. The zero-order valence-electron chi connectivity index (χ0n) is 22.2. The van der Waals surface area contributed by atoms with Crippen LogP contribution in [0.25, 0.3) is 0 Å². The van der Waals surface area contributed by atoms with Gasteiger partial charge in [0, 0.05) is 35.9 Å². The van der Waals surface area contributed by atoms with Gasteiger partial charge in [0.05, 0.1) is 20.8 Å². The number of benzene rings is 2. The molecule has 1 aliphatic carbocycles. The summed E-state index contributed by atoms with van der Waals surface area (Å²) >= 11 is 0. The van der Waals surface area contributed by atoms with E-state index in [0.29, 0.717) is 48.8 Å². The van der Waals surface area contributed by atoms with Crippen LogP contribution in [0.3, 0.4) is 0 Å². The van der Waals surface area contributed by atoms with Crippen molar-refractivity contribution >= 4 is 17.5 Å². The van der Waals surface area contributed by atoms with Gasteiger partial charge in [0.2, 0.25) is 0 Å². The van der Waals surface area contributed by atoms with E-state index in [1.54, 1.807) is 14.2 Å². The lowest BCUT2D eigenvalue weighted by atomic mass is 9.68. The van der Waals surface area contributed by atoms with Crippen molar-refractivity contribution in [2.24, 2.45) is 10.9 Å². The second-order valence-corrected chi connectivity index (χ2v) is 9.43.